The van der Waals surface area contributed by atoms with Crippen molar-refractivity contribution in [3.8, 4) is 11.1 Å². The third-order valence-corrected chi connectivity index (χ3v) is 3.34. The molecule has 0 N–H and O–H groups in total. The van der Waals surface area contributed by atoms with Gasteiger partial charge >= 0.3 is 0 Å². The van der Waals surface area contributed by atoms with Gasteiger partial charge in [-0.15, -0.1) is 0 Å². The summed E-state index contributed by atoms with van der Waals surface area (Å²) in [6.45, 7) is 0. The minimum Gasteiger partial charge on any atom is -0.0716 e. The molecule has 4 rings (SSSR count). The standard InChI is InChI=1S/C15H10/c1-2-6-12-11(5-1)13-7-3-4-10-8-9-14(12)15(10)13/h1-7,9H,8H2/i9D. The van der Waals surface area contributed by atoms with Gasteiger partial charge in [-0.25, -0.2) is 0 Å². The van der Waals surface area contributed by atoms with Crippen molar-refractivity contribution in [2.75, 3.05) is 0 Å². The summed E-state index contributed by atoms with van der Waals surface area (Å²) >= 11 is 0. The fourth-order valence-corrected chi connectivity index (χ4v) is 2.71. The van der Waals surface area contributed by atoms with Gasteiger partial charge in [-0.2, -0.15) is 0 Å². The normalized spacial score (nSPS) is 16.4. The summed E-state index contributed by atoms with van der Waals surface area (Å²) in [4.78, 5) is 0. The van der Waals surface area contributed by atoms with Crippen molar-refractivity contribution in [2.45, 2.75) is 6.42 Å². The molecule has 0 heterocycles. The summed E-state index contributed by atoms with van der Waals surface area (Å²) in [5.41, 5.74) is 7.64. The monoisotopic (exact) mass is 191 g/mol. The first-order valence-electron chi connectivity index (χ1n) is 5.78. The second kappa shape index (κ2) is 2.40. The summed E-state index contributed by atoms with van der Waals surface area (Å²) in [6.07, 6.45) is 0.798. The molecule has 0 heteroatoms. The molecular formula is C15H10. The van der Waals surface area contributed by atoms with E-state index in [0.29, 0.717) is 0 Å². The summed E-state index contributed by atoms with van der Waals surface area (Å²) in [6, 6.07) is 15.6. The van der Waals surface area contributed by atoms with Crippen LogP contribution in [0.15, 0.2) is 48.5 Å². The molecule has 0 unspecified atom stereocenters. The summed E-state index contributed by atoms with van der Waals surface area (Å²) in [5, 5.41) is 0. The van der Waals surface area contributed by atoms with Gasteiger partial charge in [-0.3, -0.25) is 0 Å². The van der Waals surface area contributed by atoms with E-state index in [0.717, 1.165) is 12.5 Å². The van der Waals surface area contributed by atoms with E-state index < -0.39 is 0 Å². The van der Waals surface area contributed by atoms with E-state index in [1.165, 1.54) is 33.4 Å². The van der Waals surface area contributed by atoms with Crippen LogP contribution in [-0.2, 0) is 6.42 Å². The number of benzene rings is 2. The van der Waals surface area contributed by atoms with Gasteiger partial charge in [-0.05, 0) is 39.8 Å². The molecule has 2 aromatic rings. The largest absolute Gasteiger partial charge is 0.0716 e. The Morgan fingerprint density at radius 2 is 1.67 bits per heavy atom. The predicted octanol–water partition coefficient (Wildman–Crippen LogP) is 3.65. The first-order valence-corrected chi connectivity index (χ1v) is 5.28. The lowest BCUT2D eigenvalue weighted by Gasteiger charge is -2.01. The molecule has 0 radical (unpaired) electrons. The second-order valence-electron chi connectivity index (χ2n) is 4.11. The quantitative estimate of drug-likeness (QED) is 0.508. The van der Waals surface area contributed by atoms with Gasteiger partial charge in [0.05, 0.1) is 1.37 Å². The van der Waals surface area contributed by atoms with Crippen molar-refractivity contribution in [3.63, 3.8) is 0 Å². The van der Waals surface area contributed by atoms with E-state index in [2.05, 4.69) is 42.5 Å². The van der Waals surface area contributed by atoms with Crippen LogP contribution >= 0.6 is 0 Å². The molecule has 0 nitrogen and oxygen atoms in total. The van der Waals surface area contributed by atoms with Crippen LogP contribution in [0.25, 0.3) is 16.7 Å². The van der Waals surface area contributed by atoms with Gasteiger partial charge in [0, 0.05) is 0 Å². The Kier molecular flexibility index (Phi) is 1.06. The van der Waals surface area contributed by atoms with Gasteiger partial charge in [0.2, 0.25) is 0 Å². The molecular weight excluding hydrogens is 180 g/mol. The molecule has 0 saturated carbocycles. The smallest absolute Gasteiger partial charge is 0.0586 e. The van der Waals surface area contributed by atoms with Crippen molar-refractivity contribution in [3.05, 3.63) is 65.2 Å². The van der Waals surface area contributed by atoms with Crippen LogP contribution in [-0.4, -0.2) is 0 Å². The first-order chi connectivity index (χ1) is 7.86. The molecule has 2 aliphatic rings. The fraction of sp³-hybridized carbons (Fsp3) is 0.0667. The Labute approximate surface area is 90.3 Å². The van der Waals surface area contributed by atoms with E-state index in [9.17, 15) is 0 Å². The van der Waals surface area contributed by atoms with E-state index in [4.69, 9.17) is 1.37 Å². The summed E-state index contributed by atoms with van der Waals surface area (Å²) in [5.74, 6) is 0. The SMILES string of the molecule is [2H]C1=C2c3ccccc3-c3cccc(c32)C1. The maximum absolute atomic E-state index is 8.12. The molecule has 15 heavy (non-hydrogen) atoms. The molecule has 0 amide bonds. The van der Waals surface area contributed by atoms with Crippen molar-refractivity contribution in [1.29, 1.82) is 0 Å². The maximum Gasteiger partial charge on any atom is 0.0586 e. The number of hydrogen-bond donors (Lipinski definition) is 0. The van der Waals surface area contributed by atoms with Crippen LogP contribution in [0.2, 0.25) is 0 Å². The fourth-order valence-electron chi connectivity index (χ4n) is 2.71. The highest BCUT2D eigenvalue weighted by Crippen LogP contribution is 2.48. The molecule has 0 saturated heterocycles. The first kappa shape index (κ1) is 6.62. The zero-order valence-electron chi connectivity index (χ0n) is 9.25. The zero-order valence-corrected chi connectivity index (χ0v) is 8.25. The topological polar surface area (TPSA) is 0 Å². The molecule has 2 aliphatic carbocycles. The molecule has 70 valence electrons. The lowest BCUT2D eigenvalue weighted by Crippen LogP contribution is -1.82. The number of hydrogen-bond acceptors (Lipinski definition) is 0. The molecule has 0 spiro atoms. The highest BCUT2D eigenvalue weighted by atomic mass is 14.3. The lowest BCUT2D eigenvalue weighted by molar-refractivity contribution is 1.31. The zero-order chi connectivity index (χ0) is 10.7. The Morgan fingerprint density at radius 3 is 2.60 bits per heavy atom. The molecule has 0 aliphatic heterocycles. The summed E-state index contributed by atoms with van der Waals surface area (Å²) in [7, 11) is 0. The van der Waals surface area contributed by atoms with Crippen molar-refractivity contribution in [2.24, 2.45) is 0 Å². The lowest BCUT2D eigenvalue weighted by atomic mass is 10.0. The number of allylic oxidation sites excluding steroid dienone is 1. The van der Waals surface area contributed by atoms with Crippen LogP contribution in [0.4, 0.5) is 0 Å². The highest BCUT2D eigenvalue weighted by molar-refractivity contribution is 6.03. The number of rotatable bonds is 0. The Hall–Kier alpha value is -1.82. The third-order valence-electron chi connectivity index (χ3n) is 3.34. The van der Waals surface area contributed by atoms with Crippen LogP contribution in [0.5, 0.6) is 0 Å². The van der Waals surface area contributed by atoms with Crippen molar-refractivity contribution in [1.82, 2.24) is 0 Å². The highest BCUT2D eigenvalue weighted by Gasteiger charge is 2.27. The van der Waals surface area contributed by atoms with Crippen LogP contribution in [0.1, 0.15) is 18.1 Å². The van der Waals surface area contributed by atoms with Gasteiger partial charge < -0.3 is 0 Å². The minimum atomic E-state index is 0.771. The predicted molar refractivity (Wildman–Crippen MR) is 62.7 cm³/mol. The molecule has 0 bridgehead atoms. The van der Waals surface area contributed by atoms with Crippen molar-refractivity contribution >= 4 is 5.57 Å². The molecule has 0 atom stereocenters. The number of fused-ring (bicyclic) bond motifs is 3. The van der Waals surface area contributed by atoms with Crippen molar-refractivity contribution < 1.29 is 1.37 Å². The maximum atomic E-state index is 8.12. The van der Waals surface area contributed by atoms with Crippen LogP contribution in [0, 0.1) is 0 Å². The van der Waals surface area contributed by atoms with E-state index in [1.807, 2.05) is 0 Å². The van der Waals surface area contributed by atoms with Gasteiger partial charge in [-0.1, -0.05) is 48.5 Å². The van der Waals surface area contributed by atoms with Gasteiger partial charge in [0.25, 0.3) is 0 Å². The van der Waals surface area contributed by atoms with Crippen LogP contribution < -0.4 is 0 Å². The third kappa shape index (κ3) is 0.782. The Bertz CT molecular complexity index is 650. The minimum absolute atomic E-state index is 0.771. The average Bonchev–Trinajstić information content (AvgIpc) is 2.82. The van der Waals surface area contributed by atoms with E-state index in [1.54, 1.807) is 0 Å². The Morgan fingerprint density at radius 1 is 0.867 bits per heavy atom. The van der Waals surface area contributed by atoms with Gasteiger partial charge in [0.1, 0.15) is 0 Å². The average molecular weight is 191 g/mol. The van der Waals surface area contributed by atoms with Gasteiger partial charge in [0.15, 0.2) is 0 Å². The van der Waals surface area contributed by atoms with E-state index >= 15 is 0 Å². The molecule has 0 fully saturated rings. The van der Waals surface area contributed by atoms with Crippen LogP contribution in [0.3, 0.4) is 0 Å². The molecule has 0 aromatic heterocycles. The molecule has 2 aromatic carbocycles. The summed E-state index contributed by atoms with van der Waals surface area (Å²) < 4.78 is 8.12. The second-order valence-corrected chi connectivity index (χ2v) is 4.11. The van der Waals surface area contributed by atoms with E-state index in [-0.39, 0.29) is 0 Å². The Balaban J connectivity index is 2.22.